The maximum absolute atomic E-state index is 12.6. The zero-order valence-corrected chi connectivity index (χ0v) is 12.3. The fraction of sp³-hybridized carbons (Fsp3) is 0.467. The maximum atomic E-state index is 12.6. The Hall–Kier alpha value is -2.24. The van der Waals surface area contributed by atoms with Gasteiger partial charge in [-0.1, -0.05) is 0 Å². The molecule has 1 amide bonds. The van der Waals surface area contributed by atoms with Gasteiger partial charge in [-0.3, -0.25) is 4.79 Å². The van der Waals surface area contributed by atoms with Gasteiger partial charge in [0.15, 0.2) is 0 Å². The molecule has 1 aromatic rings. The molecule has 6 nitrogen and oxygen atoms in total. The predicted octanol–water partition coefficient (Wildman–Crippen LogP) is 1.45. The summed E-state index contributed by atoms with van der Waals surface area (Å²) in [6, 6.07) is 4.40. The Morgan fingerprint density at radius 3 is 2.81 bits per heavy atom. The van der Waals surface area contributed by atoms with Crippen LogP contribution in [-0.4, -0.2) is 43.1 Å². The normalized spacial score (nSPS) is 17.6. The van der Waals surface area contributed by atoms with E-state index in [4.69, 9.17) is 15.2 Å². The fourth-order valence-electron chi connectivity index (χ4n) is 2.55. The van der Waals surface area contributed by atoms with E-state index in [0.717, 1.165) is 6.42 Å². The van der Waals surface area contributed by atoms with Gasteiger partial charge in [0, 0.05) is 23.9 Å². The number of esters is 1. The number of rotatable bonds is 4. The number of amides is 1. The lowest BCUT2D eigenvalue weighted by Gasteiger charge is -2.23. The fourth-order valence-corrected chi connectivity index (χ4v) is 2.55. The van der Waals surface area contributed by atoms with Crippen LogP contribution in [0.15, 0.2) is 18.2 Å². The molecular weight excluding hydrogens is 272 g/mol. The third kappa shape index (κ3) is 3.26. The first-order valence-electron chi connectivity index (χ1n) is 6.99. The molecule has 114 valence electrons. The van der Waals surface area contributed by atoms with E-state index in [-0.39, 0.29) is 11.9 Å². The van der Waals surface area contributed by atoms with Crippen molar-refractivity contribution in [1.82, 2.24) is 4.90 Å². The van der Waals surface area contributed by atoms with Crippen LogP contribution < -0.4 is 10.5 Å². The summed E-state index contributed by atoms with van der Waals surface area (Å²) in [5.74, 6) is -0.0550. The molecule has 6 heteroatoms. The Labute approximate surface area is 123 Å². The van der Waals surface area contributed by atoms with Crippen LogP contribution in [0.5, 0.6) is 5.75 Å². The molecule has 1 unspecified atom stereocenters. The third-order valence-corrected chi connectivity index (χ3v) is 3.47. The minimum absolute atomic E-state index is 0.226. The summed E-state index contributed by atoms with van der Waals surface area (Å²) < 4.78 is 10.1. The number of anilines is 1. The van der Waals surface area contributed by atoms with E-state index in [0.29, 0.717) is 36.6 Å². The lowest BCUT2D eigenvalue weighted by molar-refractivity contribution is -0.145. The Morgan fingerprint density at radius 2 is 2.14 bits per heavy atom. The number of ether oxygens (including phenoxy) is 2. The van der Waals surface area contributed by atoms with Gasteiger partial charge in [-0.05, 0) is 31.9 Å². The van der Waals surface area contributed by atoms with Crippen molar-refractivity contribution in [1.29, 1.82) is 0 Å². The molecule has 0 aromatic heterocycles. The van der Waals surface area contributed by atoms with Crippen molar-refractivity contribution < 1.29 is 19.1 Å². The van der Waals surface area contributed by atoms with Gasteiger partial charge >= 0.3 is 5.97 Å². The highest BCUT2D eigenvalue weighted by Crippen LogP contribution is 2.25. The Kier molecular flexibility index (Phi) is 4.67. The highest BCUT2D eigenvalue weighted by atomic mass is 16.5. The third-order valence-electron chi connectivity index (χ3n) is 3.47. The molecule has 2 N–H and O–H groups in total. The van der Waals surface area contributed by atoms with Crippen molar-refractivity contribution >= 4 is 17.6 Å². The molecule has 0 aliphatic carbocycles. The van der Waals surface area contributed by atoms with E-state index >= 15 is 0 Å². The standard InChI is InChI=1S/C15H20N2O4/c1-3-21-12-8-10(7-11(16)9-12)14(18)17-6-4-5-13(17)15(19)20-2/h7-9,13H,3-6,16H2,1-2H3. The molecule has 0 saturated carbocycles. The van der Waals surface area contributed by atoms with Crippen LogP contribution in [0.4, 0.5) is 5.69 Å². The van der Waals surface area contributed by atoms with E-state index in [1.165, 1.54) is 12.0 Å². The van der Waals surface area contributed by atoms with Crippen LogP contribution >= 0.6 is 0 Å². The Balaban J connectivity index is 2.24. The number of benzene rings is 1. The van der Waals surface area contributed by atoms with Crippen LogP contribution in [-0.2, 0) is 9.53 Å². The van der Waals surface area contributed by atoms with Gasteiger partial charge in [0.25, 0.3) is 5.91 Å². The van der Waals surface area contributed by atoms with E-state index in [1.54, 1.807) is 18.2 Å². The van der Waals surface area contributed by atoms with Crippen LogP contribution in [0.3, 0.4) is 0 Å². The van der Waals surface area contributed by atoms with Crippen molar-refractivity contribution in [2.75, 3.05) is 26.0 Å². The van der Waals surface area contributed by atoms with Crippen LogP contribution in [0, 0.1) is 0 Å². The molecule has 0 radical (unpaired) electrons. The van der Waals surface area contributed by atoms with Crippen molar-refractivity contribution in [3.63, 3.8) is 0 Å². The molecular formula is C15H20N2O4. The van der Waals surface area contributed by atoms with Crippen LogP contribution in [0.25, 0.3) is 0 Å². The molecule has 2 rings (SSSR count). The van der Waals surface area contributed by atoms with Gasteiger partial charge in [0.05, 0.1) is 13.7 Å². The van der Waals surface area contributed by atoms with Crippen molar-refractivity contribution in [3.8, 4) is 5.75 Å². The van der Waals surface area contributed by atoms with E-state index < -0.39 is 6.04 Å². The average Bonchev–Trinajstić information content (AvgIpc) is 2.94. The molecule has 21 heavy (non-hydrogen) atoms. The summed E-state index contributed by atoms with van der Waals surface area (Å²) in [5.41, 5.74) is 6.69. The van der Waals surface area contributed by atoms with E-state index in [1.807, 2.05) is 6.92 Å². The second kappa shape index (κ2) is 6.47. The number of likely N-dealkylation sites (tertiary alicyclic amines) is 1. The van der Waals surface area contributed by atoms with Crippen molar-refractivity contribution in [2.45, 2.75) is 25.8 Å². The second-order valence-corrected chi connectivity index (χ2v) is 4.90. The van der Waals surface area contributed by atoms with Crippen LogP contribution in [0.1, 0.15) is 30.1 Å². The number of methoxy groups -OCH3 is 1. The molecule has 1 atom stereocenters. The number of hydrogen-bond donors (Lipinski definition) is 1. The zero-order chi connectivity index (χ0) is 15.4. The number of carbonyl (C=O) groups excluding carboxylic acids is 2. The zero-order valence-electron chi connectivity index (χ0n) is 12.3. The second-order valence-electron chi connectivity index (χ2n) is 4.90. The van der Waals surface area contributed by atoms with E-state index in [9.17, 15) is 9.59 Å². The first-order chi connectivity index (χ1) is 10.1. The predicted molar refractivity (Wildman–Crippen MR) is 78.1 cm³/mol. The highest BCUT2D eigenvalue weighted by molar-refractivity contribution is 5.98. The molecule has 1 fully saturated rings. The summed E-state index contributed by atoms with van der Waals surface area (Å²) in [6.45, 7) is 2.89. The molecule has 0 bridgehead atoms. The van der Waals surface area contributed by atoms with Gasteiger partial charge < -0.3 is 20.1 Å². The van der Waals surface area contributed by atoms with Crippen LogP contribution in [0.2, 0.25) is 0 Å². The van der Waals surface area contributed by atoms with Crippen molar-refractivity contribution in [2.24, 2.45) is 0 Å². The number of nitrogens with zero attached hydrogens (tertiary/aromatic N) is 1. The summed E-state index contributed by atoms with van der Waals surface area (Å²) in [6.07, 6.45) is 1.41. The number of nitrogen functional groups attached to an aromatic ring is 1. The Morgan fingerprint density at radius 1 is 1.38 bits per heavy atom. The smallest absolute Gasteiger partial charge is 0.328 e. The SMILES string of the molecule is CCOc1cc(N)cc(C(=O)N2CCCC2C(=O)OC)c1. The largest absolute Gasteiger partial charge is 0.494 e. The van der Waals surface area contributed by atoms with Gasteiger partial charge in [-0.25, -0.2) is 4.79 Å². The van der Waals surface area contributed by atoms with E-state index in [2.05, 4.69) is 0 Å². The number of nitrogens with two attached hydrogens (primary N) is 1. The number of carbonyl (C=O) groups is 2. The van der Waals surface area contributed by atoms with Gasteiger partial charge in [0.2, 0.25) is 0 Å². The Bertz CT molecular complexity index is 544. The van der Waals surface area contributed by atoms with Gasteiger partial charge in [-0.2, -0.15) is 0 Å². The molecule has 1 aromatic carbocycles. The topological polar surface area (TPSA) is 81.9 Å². The monoisotopic (exact) mass is 292 g/mol. The highest BCUT2D eigenvalue weighted by Gasteiger charge is 2.35. The summed E-state index contributed by atoms with van der Waals surface area (Å²) in [4.78, 5) is 25.9. The first-order valence-corrected chi connectivity index (χ1v) is 6.99. The minimum Gasteiger partial charge on any atom is -0.494 e. The maximum Gasteiger partial charge on any atom is 0.328 e. The number of hydrogen-bond acceptors (Lipinski definition) is 5. The molecule has 1 heterocycles. The summed E-state index contributed by atoms with van der Waals surface area (Å²) in [5, 5.41) is 0. The first kappa shape index (κ1) is 15.2. The van der Waals surface area contributed by atoms with Gasteiger partial charge in [-0.15, -0.1) is 0 Å². The average molecular weight is 292 g/mol. The quantitative estimate of drug-likeness (QED) is 0.671. The molecule has 1 aliphatic rings. The molecule has 0 spiro atoms. The van der Waals surface area contributed by atoms with Crippen molar-refractivity contribution in [3.05, 3.63) is 23.8 Å². The lowest BCUT2D eigenvalue weighted by atomic mass is 10.1. The molecule has 1 saturated heterocycles. The van der Waals surface area contributed by atoms with Gasteiger partial charge in [0.1, 0.15) is 11.8 Å². The summed E-state index contributed by atoms with van der Waals surface area (Å²) >= 11 is 0. The molecule has 1 aliphatic heterocycles. The summed E-state index contributed by atoms with van der Waals surface area (Å²) in [7, 11) is 1.33. The minimum atomic E-state index is -0.514. The lowest BCUT2D eigenvalue weighted by Crippen LogP contribution is -2.41.